The Labute approximate surface area is 99.8 Å². The van der Waals surface area contributed by atoms with E-state index in [1.807, 2.05) is 12.1 Å². The summed E-state index contributed by atoms with van der Waals surface area (Å²) < 4.78 is 28.3. The van der Waals surface area contributed by atoms with Crippen LogP contribution in [0.5, 0.6) is 5.75 Å². The van der Waals surface area contributed by atoms with Crippen molar-refractivity contribution in [1.29, 1.82) is 0 Å². The van der Waals surface area contributed by atoms with Gasteiger partial charge in [-0.3, -0.25) is 0 Å². The zero-order valence-corrected chi connectivity index (χ0v) is 9.99. The molecule has 0 radical (unpaired) electrons. The fourth-order valence-electron chi connectivity index (χ4n) is 2.70. The fourth-order valence-corrected chi connectivity index (χ4v) is 2.70. The molecule has 1 aromatic carbocycles. The number of nitrogens with two attached hydrogens (primary N) is 1. The Balaban J connectivity index is 2.09. The van der Waals surface area contributed by atoms with E-state index in [4.69, 9.17) is 5.73 Å². The molecule has 0 aliphatic heterocycles. The van der Waals surface area contributed by atoms with Crippen LogP contribution in [0.3, 0.4) is 0 Å². The molecule has 2 nitrogen and oxygen atoms in total. The minimum Gasteiger partial charge on any atom is -0.435 e. The minimum absolute atomic E-state index is 0.200. The molecule has 0 unspecified atom stereocenters. The quantitative estimate of drug-likeness (QED) is 0.879. The van der Waals surface area contributed by atoms with Gasteiger partial charge >= 0.3 is 6.61 Å². The molecule has 1 aliphatic carbocycles. The molecule has 2 atom stereocenters. The summed E-state index contributed by atoms with van der Waals surface area (Å²) in [5.74, 6) is 1.10. The number of rotatable bonds is 4. The van der Waals surface area contributed by atoms with Gasteiger partial charge in [-0.15, -0.1) is 0 Å². The molecule has 1 aliphatic rings. The zero-order valence-electron chi connectivity index (χ0n) is 9.99. The molecular formula is C13H17F2NO. The summed E-state index contributed by atoms with van der Waals surface area (Å²) in [4.78, 5) is 0. The highest BCUT2D eigenvalue weighted by molar-refractivity contribution is 5.36. The number of benzene rings is 1. The Morgan fingerprint density at radius 3 is 2.29 bits per heavy atom. The zero-order chi connectivity index (χ0) is 12.6. The maximum Gasteiger partial charge on any atom is 0.387 e. The molecule has 0 aromatic heterocycles. The summed E-state index contributed by atoms with van der Waals surface area (Å²) in [6, 6.07) is 6.87. The molecule has 17 heavy (non-hydrogen) atoms. The highest BCUT2D eigenvalue weighted by Crippen LogP contribution is 2.63. The molecule has 0 amide bonds. The van der Waals surface area contributed by atoms with Gasteiger partial charge in [0, 0.05) is 0 Å². The van der Waals surface area contributed by atoms with Crippen LogP contribution in [0.1, 0.15) is 25.3 Å². The summed E-state index contributed by atoms with van der Waals surface area (Å²) in [5, 5.41) is 0. The van der Waals surface area contributed by atoms with Gasteiger partial charge < -0.3 is 10.5 Å². The maximum absolute atomic E-state index is 12.0. The van der Waals surface area contributed by atoms with E-state index in [9.17, 15) is 8.78 Å². The van der Waals surface area contributed by atoms with Crippen molar-refractivity contribution in [3.63, 3.8) is 0 Å². The second-order valence-corrected chi connectivity index (χ2v) is 5.09. The van der Waals surface area contributed by atoms with Crippen LogP contribution in [0.4, 0.5) is 8.78 Å². The molecule has 2 N–H and O–H groups in total. The van der Waals surface area contributed by atoms with Crippen LogP contribution in [-0.4, -0.2) is 13.2 Å². The molecule has 0 bridgehead atoms. The van der Waals surface area contributed by atoms with Crippen LogP contribution < -0.4 is 10.5 Å². The Morgan fingerprint density at radius 1 is 1.29 bits per heavy atom. The fraction of sp³-hybridized carbons (Fsp3) is 0.538. The molecule has 4 heteroatoms. The lowest BCUT2D eigenvalue weighted by atomic mass is 10.0. The predicted octanol–water partition coefficient (Wildman–Crippen LogP) is 2.99. The molecule has 1 aromatic rings. The standard InChI is InChI=1S/C13H17F2NO/c1-13(2)10(7-16)11(13)8-3-5-9(6-4-8)17-12(14)15/h3-6,10-12H,7,16H2,1-2H3/t10-,11-/m1/s1. The Kier molecular flexibility index (Phi) is 3.08. The molecule has 0 heterocycles. The first-order valence-electron chi connectivity index (χ1n) is 5.71. The van der Waals surface area contributed by atoms with Crippen molar-refractivity contribution < 1.29 is 13.5 Å². The number of ether oxygens (including phenoxy) is 1. The van der Waals surface area contributed by atoms with E-state index in [-0.39, 0.29) is 11.2 Å². The maximum atomic E-state index is 12.0. The van der Waals surface area contributed by atoms with Crippen LogP contribution in [0.15, 0.2) is 24.3 Å². The summed E-state index contributed by atoms with van der Waals surface area (Å²) in [7, 11) is 0. The average molecular weight is 241 g/mol. The Hall–Kier alpha value is -1.16. The van der Waals surface area contributed by atoms with E-state index >= 15 is 0 Å². The van der Waals surface area contributed by atoms with Crippen LogP contribution in [0.25, 0.3) is 0 Å². The summed E-state index contributed by atoms with van der Waals surface area (Å²) >= 11 is 0. The lowest BCUT2D eigenvalue weighted by Gasteiger charge is -2.06. The second-order valence-electron chi connectivity index (χ2n) is 5.09. The molecule has 1 fully saturated rings. The highest BCUT2D eigenvalue weighted by atomic mass is 19.3. The smallest absolute Gasteiger partial charge is 0.387 e. The van der Waals surface area contributed by atoms with E-state index in [1.165, 1.54) is 0 Å². The third kappa shape index (κ3) is 2.27. The van der Waals surface area contributed by atoms with Gasteiger partial charge in [0.1, 0.15) is 5.75 Å². The minimum atomic E-state index is -2.77. The summed E-state index contributed by atoms with van der Waals surface area (Å²) in [6.07, 6.45) is 0. The normalized spacial score (nSPS) is 26.0. The number of alkyl halides is 2. The highest BCUT2D eigenvalue weighted by Gasteiger charge is 2.57. The van der Waals surface area contributed by atoms with Gasteiger partial charge in [0.2, 0.25) is 0 Å². The Morgan fingerprint density at radius 2 is 1.88 bits per heavy atom. The second kappa shape index (κ2) is 4.26. The van der Waals surface area contributed by atoms with E-state index in [2.05, 4.69) is 18.6 Å². The predicted molar refractivity (Wildman–Crippen MR) is 62.1 cm³/mol. The molecule has 0 spiro atoms. The monoisotopic (exact) mass is 241 g/mol. The molecule has 1 saturated carbocycles. The first-order valence-corrected chi connectivity index (χ1v) is 5.71. The van der Waals surface area contributed by atoms with Gasteiger partial charge in [-0.25, -0.2) is 0 Å². The van der Waals surface area contributed by atoms with Gasteiger partial charge in [0.15, 0.2) is 0 Å². The number of hydrogen-bond acceptors (Lipinski definition) is 2. The van der Waals surface area contributed by atoms with Gasteiger partial charge in [0.25, 0.3) is 0 Å². The van der Waals surface area contributed by atoms with Crippen LogP contribution in [0, 0.1) is 11.3 Å². The van der Waals surface area contributed by atoms with Gasteiger partial charge in [-0.2, -0.15) is 8.78 Å². The van der Waals surface area contributed by atoms with Crippen molar-refractivity contribution in [2.24, 2.45) is 17.1 Å². The van der Waals surface area contributed by atoms with Crippen molar-refractivity contribution >= 4 is 0 Å². The first kappa shape index (κ1) is 12.3. The summed E-state index contributed by atoms with van der Waals surface area (Å²) in [5.41, 5.74) is 7.06. The molecular weight excluding hydrogens is 224 g/mol. The third-order valence-electron chi connectivity index (χ3n) is 3.77. The van der Waals surface area contributed by atoms with Crippen LogP contribution in [-0.2, 0) is 0 Å². The van der Waals surface area contributed by atoms with Gasteiger partial charge in [-0.1, -0.05) is 26.0 Å². The van der Waals surface area contributed by atoms with Crippen LogP contribution in [0.2, 0.25) is 0 Å². The average Bonchev–Trinajstić information content (AvgIpc) is 2.81. The van der Waals surface area contributed by atoms with Crippen molar-refractivity contribution in [2.75, 3.05) is 6.54 Å². The molecule has 2 rings (SSSR count). The lowest BCUT2D eigenvalue weighted by molar-refractivity contribution is -0.0498. The van der Waals surface area contributed by atoms with E-state index in [0.717, 1.165) is 5.56 Å². The van der Waals surface area contributed by atoms with Crippen molar-refractivity contribution in [1.82, 2.24) is 0 Å². The van der Waals surface area contributed by atoms with Gasteiger partial charge in [-0.05, 0) is 41.5 Å². The Bertz CT molecular complexity index is 389. The topological polar surface area (TPSA) is 35.2 Å². The lowest BCUT2D eigenvalue weighted by Crippen LogP contribution is -2.05. The first-order chi connectivity index (χ1) is 7.96. The molecule has 0 saturated heterocycles. The van der Waals surface area contributed by atoms with Crippen molar-refractivity contribution in [3.05, 3.63) is 29.8 Å². The third-order valence-corrected chi connectivity index (χ3v) is 3.77. The number of hydrogen-bond donors (Lipinski definition) is 1. The SMILES string of the molecule is CC1(C)[C@H](CN)[C@H]1c1ccc(OC(F)F)cc1. The van der Waals surface area contributed by atoms with E-state index < -0.39 is 6.61 Å². The van der Waals surface area contributed by atoms with Gasteiger partial charge in [0.05, 0.1) is 0 Å². The van der Waals surface area contributed by atoms with E-state index in [0.29, 0.717) is 18.4 Å². The number of halogens is 2. The van der Waals surface area contributed by atoms with Crippen molar-refractivity contribution in [3.8, 4) is 5.75 Å². The van der Waals surface area contributed by atoms with E-state index in [1.54, 1.807) is 12.1 Å². The largest absolute Gasteiger partial charge is 0.435 e. The van der Waals surface area contributed by atoms with Crippen molar-refractivity contribution in [2.45, 2.75) is 26.4 Å². The molecule has 94 valence electrons. The summed E-state index contributed by atoms with van der Waals surface area (Å²) in [6.45, 7) is 2.25. The van der Waals surface area contributed by atoms with Crippen LogP contribution >= 0.6 is 0 Å².